The molecule has 0 amide bonds. The number of nitrogens with one attached hydrogen (secondary N) is 1. The van der Waals surface area contributed by atoms with E-state index >= 15 is 0 Å². The molecular formula is C7H16N2S2. The van der Waals surface area contributed by atoms with Crippen LogP contribution in [-0.2, 0) is 0 Å². The van der Waals surface area contributed by atoms with Crippen LogP contribution < -0.4 is 5.43 Å². The normalized spacial score (nSPS) is 11.3. The van der Waals surface area contributed by atoms with Gasteiger partial charge in [0.25, 0.3) is 0 Å². The van der Waals surface area contributed by atoms with Crippen molar-refractivity contribution in [2.45, 2.75) is 39.8 Å². The molecule has 0 unspecified atom stereocenters. The van der Waals surface area contributed by atoms with E-state index in [9.17, 15) is 0 Å². The summed E-state index contributed by atoms with van der Waals surface area (Å²) in [6, 6.07) is 0.861. The number of hydrogen-bond acceptors (Lipinski definition) is 2. The summed E-state index contributed by atoms with van der Waals surface area (Å²) in [5.74, 6) is 0. The summed E-state index contributed by atoms with van der Waals surface area (Å²) in [6.45, 7) is 8.44. The molecule has 2 nitrogen and oxygen atoms in total. The lowest BCUT2D eigenvalue weighted by molar-refractivity contribution is 0.142. The zero-order chi connectivity index (χ0) is 9.02. The van der Waals surface area contributed by atoms with Crippen molar-refractivity contribution in [1.29, 1.82) is 0 Å². The van der Waals surface area contributed by atoms with Crippen molar-refractivity contribution < 1.29 is 0 Å². The molecule has 0 atom stereocenters. The molecule has 0 aliphatic rings. The molecule has 4 heteroatoms. The monoisotopic (exact) mass is 192 g/mol. The smallest absolute Gasteiger partial charge is 0.145 e. The van der Waals surface area contributed by atoms with Crippen LogP contribution in [0.4, 0.5) is 0 Å². The average molecular weight is 192 g/mol. The number of hydrazine groups is 1. The molecule has 0 aromatic rings. The van der Waals surface area contributed by atoms with Gasteiger partial charge in [-0.3, -0.25) is 0 Å². The lowest BCUT2D eigenvalue weighted by Gasteiger charge is -2.30. The predicted molar refractivity (Wildman–Crippen MR) is 56.8 cm³/mol. The molecule has 0 fully saturated rings. The van der Waals surface area contributed by atoms with Gasteiger partial charge < -0.3 is 5.43 Å². The van der Waals surface area contributed by atoms with Crippen molar-refractivity contribution in [2.24, 2.45) is 0 Å². The van der Waals surface area contributed by atoms with Crippen LogP contribution in [0.5, 0.6) is 0 Å². The van der Waals surface area contributed by atoms with E-state index in [1.807, 2.05) is 0 Å². The zero-order valence-corrected chi connectivity index (χ0v) is 9.17. The Balaban J connectivity index is 4.00. The third-order valence-electron chi connectivity index (χ3n) is 1.34. The van der Waals surface area contributed by atoms with Crippen molar-refractivity contribution >= 4 is 29.2 Å². The summed E-state index contributed by atoms with van der Waals surface area (Å²) >= 11 is 8.83. The van der Waals surface area contributed by atoms with E-state index in [4.69, 9.17) is 12.2 Å². The molecule has 0 bridgehead atoms. The average Bonchev–Trinajstić information content (AvgIpc) is 1.81. The van der Waals surface area contributed by atoms with Crippen molar-refractivity contribution in [2.75, 3.05) is 0 Å². The van der Waals surface area contributed by atoms with Gasteiger partial charge in [0.05, 0.1) is 0 Å². The molecule has 0 radical (unpaired) electrons. The molecule has 0 saturated carbocycles. The molecular weight excluding hydrogens is 176 g/mol. The lowest BCUT2D eigenvalue weighted by atomic mass is 10.3. The number of thiocarbonyl (C=S) groups is 1. The van der Waals surface area contributed by atoms with Crippen LogP contribution in [0, 0.1) is 0 Å². The summed E-state index contributed by atoms with van der Waals surface area (Å²) in [4.78, 5) is 0. The lowest BCUT2D eigenvalue weighted by Crippen LogP contribution is -2.48. The Morgan fingerprint density at radius 3 is 1.73 bits per heavy atom. The highest BCUT2D eigenvalue weighted by atomic mass is 32.1. The van der Waals surface area contributed by atoms with Gasteiger partial charge in [-0.05, 0) is 27.7 Å². The highest BCUT2D eigenvalue weighted by molar-refractivity contribution is 8.11. The van der Waals surface area contributed by atoms with Gasteiger partial charge in [0.2, 0.25) is 0 Å². The predicted octanol–water partition coefficient (Wildman–Crippen LogP) is 1.82. The minimum absolute atomic E-state index is 0.431. The van der Waals surface area contributed by atoms with Gasteiger partial charge in [-0.25, -0.2) is 5.01 Å². The Morgan fingerprint density at radius 2 is 1.64 bits per heavy atom. The molecule has 0 aliphatic carbocycles. The molecule has 0 rings (SSSR count). The van der Waals surface area contributed by atoms with Crippen LogP contribution in [0.2, 0.25) is 0 Å². The first-order valence-electron chi connectivity index (χ1n) is 3.73. The van der Waals surface area contributed by atoms with Crippen LogP contribution in [0.3, 0.4) is 0 Å². The standard InChI is InChI=1S/C7H16N2S2/c1-5(2)9(6(3)4)8-7(10)11/h5-6H,1-4H3,(H2,8,10,11). The zero-order valence-electron chi connectivity index (χ0n) is 7.46. The first-order chi connectivity index (χ1) is 4.95. The van der Waals surface area contributed by atoms with E-state index in [0.29, 0.717) is 16.4 Å². The minimum atomic E-state index is 0.431. The summed E-state index contributed by atoms with van der Waals surface area (Å²) in [5, 5.41) is 2.06. The third-order valence-corrected chi connectivity index (χ3v) is 1.53. The summed E-state index contributed by atoms with van der Waals surface area (Å²) in [5.41, 5.74) is 3.01. The van der Waals surface area contributed by atoms with E-state index in [1.54, 1.807) is 0 Å². The van der Waals surface area contributed by atoms with Crippen molar-refractivity contribution in [3.63, 3.8) is 0 Å². The van der Waals surface area contributed by atoms with Gasteiger partial charge in [0.1, 0.15) is 4.32 Å². The number of rotatable bonds is 3. The Kier molecular flexibility index (Phi) is 5.04. The highest BCUT2D eigenvalue weighted by Gasteiger charge is 2.12. The van der Waals surface area contributed by atoms with Crippen LogP contribution in [-0.4, -0.2) is 21.4 Å². The maximum absolute atomic E-state index is 4.82. The fourth-order valence-electron chi connectivity index (χ4n) is 0.965. The van der Waals surface area contributed by atoms with E-state index in [-0.39, 0.29) is 0 Å². The largest absolute Gasteiger partial charge is 0.304 e. The van der Waals surface area contributed by atoms with Crippen molar-refractivity contribution in [3.05, 3.63) is 0 Å². The SMILES string of the molecule is CC(C)N(NC(=S)S)C(C)C. The Bertz CT molecular complexity index is 126. The van der Waals surface area contributed by atoms with Gasteiger partial charge in [-0.1, -0.05) is 12.2 Å². The van der Waals surface area contributed by atoms with E-state index < -0.39 is 0 Å². The van der Waals surface area contributed by atoms with Crippen LogP contribution >= 0.6 is 24.8 Å². The topological polar surface area (TPSA) is 15.3 Å². The summed E-state index contributed by atoms with van der Waals surface area (Å²) < 4.78 is 0.521. The van der Waals surface area contributed by atoms with Crippen LogP contribution in [0.1, 0.15) is 27.7 Å². The number of hydrogen-bond donors (Lipinski definition) is 2. The minimum Gasteiger partial charge on any atom is -0.304 e. The van der Waals surface area contributed by atoms with Gasteiger partial charge >= 0.3 is 0 Å². The van der Waals surface area contributed by atoms with Gasteiger partial charge in [-0.2, -0.15) is 0 Å². The maximum Gasteiger partial charge on any atom is 0.145 e. The molecule has 0 aromatic carbocycles. The second kappa shape index (κ2) is 4.95. The molecule has 0 aromatic heterocycles. The number of thiol groups is 1. The van der Waals surface area contributed by atoms with Gasteiger partial charge in [0.15, 0.2) is 0 Å². The van der Waals surface area contributed by atoms with Crippen molar-refractivity contribution in [3.8, 4) is 0 Å². The quantitative estimate of drug-likeness (QED) is 0.403. The molecule has 66 valence electrons. The first-order valence-corrected chi connectivity index (χ1v) is 4.58. The fourth-order valence-corrected chi connectivity index (χ4v) is 1.19. The molecule has 0 heterocycles. The molecule has 0 spiro atoms. The van der Waals surface area contributed by atoms with E-state index in [1.165, 1.54) is 0 Å². The first kappa shape index (κ1) is 11.2. The Hall–Kier alpha value is 0.200. The third kappa shape index (κ3) is 4.61. The molecule has 0 saturated heterocycles. The Morgan fingerprint density at radius 1 is 1.27 bits per heavy atom. The number of nitrogens with zero attached hydrogens (tertiary/aromatic N) is 1. The van der Waals surface area contributed by atoms with Crippen molar-refractivity contribution in [1.82, 2.24) is 10.4 Å². The maximum atomic E-state index is 4.82. The van der Waals surface area contributed by atoms with E-state index in [2.05, 4.69) is 50.8 Å². The second-order valence-electron chi connectivity index (χ2n) is 3.01. The second-order valence-corrected chi connectivity index (χ2v) is 4.17. The van der Waals surface area contributed by atoms with Crippen LogP contribution in [0.25, 0.3) is 0 Å². The molecule has 11 heavy (non-hydrogen) atoms. The van der Waals surface area contributed by atoms with Gasteiger partial charge in [0, 0.05) is 12.1 Å². The Labute approximate surface area is 79.7 Å². The summed E-state index contributed by atoms with van der Waals surface area (Å²) in [6.07, 6.45) is 0. The fraction of sp³-hybridized carbons (Fsp3) is 0.857. The molecule has 1 N–H and O–H groups in total. The molecule has 0 aliphatic heterocycles. The van der Waals surface area contributed by atoms with E-state index in [0.717, 1.165) is 0 Å². The summed E-state index contributed by atoms with van der Waals surface area (Å²) in [7, 11) is 0. The van der Waals surface area contributed by atoms with Crippen LogP contribution in [0.15, 0.2) is 0 Å². The van der Waals surface area contributed by atoms with Gasteiger partial charge in [-0.15, -0.1) is 12.6 Å². The highest BCUT2D eigenvalue weighted by Crippen LogP contribution is 2.00.